The number of rotatable bonds is 6. The van der Waals surface area contributed by atoms with Gasteiger partial charge in [0.2, 0.25) is 0 Å². The molecule has 8 N–H and O–H groups in total. The van der Waals surface area contributed by atoms with Gasteiger partial charge in [0.15, 0.2) is 23.8 Å². The second-order valence-corrected chi connectivity index (χ2v) is 10.3. The second-order valence-electron chi connectivity index (χ2n) is 5.36. The summed E-state index contributed by atoms with van der Waals surface area (Å²) in [7, 11) is 5.35. The first kappa shape index (κ1) is 26.5. The summed E-state index contributed by atoms with van der Waals surface area (Å²) in [5.41, 5.74) is 0. The van der Waals surface area contributed by atoms with E-state index in [0.717, 1.165) is 0 Å². The predicted octanol–water partition coefficient (Wildman–Crippen LogP) is -1.49. The van der Waals surface area contributed by atoms with Crippen LogP contribution in [0, 0.1) is 0 Å². The van der Waals surface area contributed by atoms with Gasteiger partial charge in [-0.1, -0.05) is 0 Å². The van der Waals surface area contributed by atoms with E-state index in [-0.39, 0.29) is 29.7 Å². The van der Waals surface area contributed by atoms with Gasteiger partial charge in [-0.25, -0.2) is 0 Å². The smallest absolute Gasteiger partial charge is 0.273 e. The van der Waals surface area contributed by atoms with E-state index in [0.29, 0.717) is 0 Å². The summed E-state index contributed by atoms with van der Waals surface area (Å²) in [6.07, 6.45) is 0. The summed E-state index contributed by atoms with van der Waals surface area (Å²) < 4.78 is 27.5. The molecule has 0 aliphatic carbocycles. The molecule has 0 amide bonds. The molecule has 168 valence electrons. The lowest BCUT2D eigenvalue weighted by Gasteiger charge is -2.29. The normalized spacial score (nSPS) is 17.4. The molecule has 0 aliphatic heterocycles. The Bertz CT molecular complexity index is 621. The maximum atomic E-state index is 13.8. The highest BCUT2D eigenvalue weighted by atomic mass is 31.2. The fraction of sp³-hybridized carbons (Fsp3) is 0.692. The molecule has 0 saturated carbocycles. The average molecular weight is 452 g/mol. The van der Waals surface area contributed by atoms with E-state index in [1.54, 1.807) is 28.2 Å². The summed E-state index contributed by atoms with van der Waals surface area (Å²) in [6, 6.07) is 0. The molecule has 0 fully saturated rings. The van der Waals surface area contributed by atoms with Gasteiger partial charge in [0.1, 0.15) is 5.90 Å². The van der Waals surface area contributed by atoms with E-state index in [1.165, 1.54) is 28.2 Å². The quantitative estimate of drug-likeness (QED) is 0.134. The summed E-state index contributed by atoms with van der Waals surface area (Å²) in [6.45, 7) is 0. The molecular formula is C13H34N12O2P2. The Morgan fingerprint density at radius 3 is 0.897 bits per heavy atom. The molecule has 0 aliphatic rings. The molecule has 0 rings (SSSR count). The van der Waals surface area contributed by atoms with Crippen LogP contribution in [0.5, 0.6) is 0 Å². The highest BCUT2D eigenvalue weighted by Gasteiger charge is 2.37. The molecule has 0 heterocycles. The standard InChI is InChI=1S/C13H34N12O2P2/c1-14-10(15-2)22-28(26,23-11(16-3)17-4)9-29(27,24-12(18-5)19-6)25-13(20-7)21-8/h9H2,1-8H3,(H4,14,15,16,17,22,23,26)(H4,18,19,20,21,24,25,27). The van der Waals surface area contributed by atoms with Crippen molar-refractivity contribution in [1.29, 1.82) is 0 Å². The number of aliphatic imine (C=N–C) groups is 4. The molecule has 0 spiro atoms. The van der Waals surface area contributed by atoms with E-state index in [2.05, 4.69) is 61.6 Å². The van der Waals surface area contributed by atoms with Crippen LogP contribution in [0.3, 0.4) is 0 Å². The third-order valence-corrected chi connectivity index (χ3v) is 8.86. The Morgan fingerprint density at radius 1 is 0.552 bits per heavy atom. The van der Waals surface area contributed by atoms with Crippen LogP contribution in [0.1, 0.15) is 0 Å². The van der Waals surface area contributed by atoms with Crippen LogP contribution in [0.15, 0.2) is 20.0 Å². The fourth-order valence-electron chi connectivity index (χ4n) is 2.03. The van der Waals surface area contributed by atoms with Crippen molar-refractivity contribution >= 4 is 38.7 Å². The van der Waals surface area contributed by atoms with E-state index < -0.39 is 14.9 Å². The number of hydrogen-bond donors (Lipinski definition) is 8. The van der Waals surface area contributed by atoms with Crippen molar-refractivity contribution in [1.82, 2.24) is 41.6 Å². The van der Waals surface area contributed by atoms with Crippen LogP contribution < -0.4 is 41.6 Å². The van der Waals surface area contributed by atoms with Crippen LogP contribution in [-0.4, -0.2) is 86.1 Å². The molecule has 0 aromatic rings. The lowest BCUT2D eigenvalue weighted by atomic mass is 11.0. The number of nitrogens with one attached hydrogen (secondary N) is 8. The molecule has 0 saturated heterocycles. The van der Waals surface area contributed by atoms with Crippen molar-refractivity contribution in [2.24, 2.45) is 20.0 Å². The molecule has 0 aromatic heterocycles. The maximum Gasteiger partial charge on any atom is 0.273 e. The molecule has 29 heavy (non-hydrogen) atoms. The van der Waals surface area contributed by atoms with Gasteiger partial charge in [0, 0.05) is 56.4 Å². The van der Waals surface area contributed by atoms with Gasteiger partial charge in [-0.2, -0.15) is 0 Å². The Kier molecular flexibility index (Phi) is 11.8. The van der Waals surface area contributed by atoms with Crippen LogP contribution in [-0.2, 0) is 9.13 Å². The molecule has 16 heteroatoms. The topological polar surface area (TPSA) is 180 Å². The van der Waals surface area contributed by atoms with E-state index in [4.69, 9.17) is 0 Å². The molecule has 0 radical (unpaired) electrons. The zero-order valence-electron chi connectivity index (χ0n) is 18.2. The predicted molar refractivity (Wildman–Crippen MR) is 122 cm³/mol. The molecular weight excluding hydrogens is 418 g/mol. The van der Waals surface area contributed by atoms with Crippen LogP contribution in [0.2, 0.25) is 0 Å². The number of hydrogen-bond acceptors (Lipinski definition) is 6. The van der Waals surface area contributed by atoms with Crippen molar-refractivity contribution in [2.45, 2.75) is 0 Å². The summed E-state index contributed by atoms with van der Waals surface area (Å²) in [5.74, 6) is 0.609. The molecule has 0 atom stereocenters. The minimum atomic E-state index is -3.61. The summed E-state index contributed by atoms with van der Waals surface area (Å²) >= 11 is 0. The van der Waals surface area contributed by atoms with Crippen molar-refractivity contribution in [2.75, 3.05) is 62.3 Å². The minimum absolute atomic E-state index is 0.245. The fourth-order valence-corrected chi connectivity index (χ4v) is 7.74. The maximum absolute atomic E-state index is 13.8. The molecule has 14 nitrogen and oxygen atoms in total. The molecule has 0 unspecified atom stereocenters. The Balaban J connectivity index is 6.18. The van der Waals surface area contributed by atoms with Gasteiger partial charge < -0.3 is 21.3 Å². The van der Waals surface area contributed by atoms with Crippen molar-refractivity contribution in [3.63, 3.8) is 0 Å². The van der Waals surface area contributed by atoms with Gasteiger partial charge in [-0.05, 0) is 0 Å². The van der Waals surface area contributed by atoms with Gasteiger partial charge >= 0.3 is 0 Å². The average Bonchev–Trinajstić information content (AvgIpc) is 2.72. The third kappa shape index (κ3) is 9.05. The van der Waals surface area contributed by atoms with Crippen LogP contribution in [0.4, 0.5) is 0 Å². The first-order valence-electron chi connectivity index (χ1n) is 8.58. The largest absolute Gasteiger partial charge is 0.359 e. The Labute approximate surface area is 172 Å². The molecule has 0 aromatic carbocycles. The van der Waals surface area contributed by atoms with Crippen molar-refractivity contribution < 1.29 is 9.13 Å². The number of nitrogens with zero attached hydrogens (tertiary/aromatic N) is 4. The molecule has 0 bridgehead atoms. The lowest BCUT2D eigenvalue weighted by Crippen LogP contribution is -2.46. The van der Waals surface area contributed by atoms with Gasteiger partial charge in [-0.15, -0.1) is 0 Å². The highest BCUT2D eigenvalue weighted by molar-refractivity contribution is 7.78. The first-order chi connectivity index (χ1) is 13.7. The Morgan fingerprint density at radius 2 is 0.759 bits per heavy atom. The zero-order chi connectivity index (χ0) is 22.5. The number of guanidine groups is 4. The van der Waals surface area contributed by atoms with Crippen LogP contribution >= 0.6 is 14.9 Å². The SMILES string of the molecule is CN=C(NC)NP(=O)(CP(=O)(NC(=NC)NC)NC(=NC)NC)NC(=NC)NC. The van der Waals surface area contributed by atoms with E-state index >= 15 is 0 Å². The van der Waals surface area contributed by atoms with Crippen LogP contribution in [0.25, 0.3) is 0 Å². The summed E-state index contributed by atoms with van der Waals surface area (Å²) in [4.78, 5) is 15.9. The van der Waals surface area contributed by atoms with E-state index in [1.807, 2.05) is 0 Å². The first-order valence-corrected chi connectivity index (χ1v) is 12.4. The van der Waals surface area contributed by atoms with Crippen molar-refractivity contribution in [3.8, 4) is 0 Å². The van der Waals surface area contributed by atoms with Crippen molar-refractivity contribution in [3.05, 3.63) is 0 Å². The Hall–Kier alpha value is -2.46. The second kappa shape index (κ2) is 12.9. The summed E-state index contributed by atoms with van der Waals surface area (Å²) in [5, 5.41) is 22.3. The van der Waals surface area contributed by atoms with Gasteiger partial charge in [0.05, 0.1) is 0 Å². The highest BCUT2D eigenvalue weighted by Crippen LogP contribution is 2.52. The minimum Gasteiger partial charge on any atom is -0.359 e. The monoisotopic (exact) mass is 452 g/mol. The lowest BCUT2D eigenvalue weighted by molar-refractivity contribution is 0.561. The third-order valence-electron chi connectivity index (χ3n) is 3.39. The van der Waals surface area contributed by atoms with Gasteiger partial charge in [-0.3, -0.25) is 49.4 Å². The zero-order valence-corrected chi connectivity index (χ0v) is 20.0. The van der Waals surface area contributed by atoms with E-state index in [9.17, 15) is 9.13 Å². The van der Waals surface area contributed by atoms with Gasteiger partial charge in [0.25, 0.3) is 14.9 Å².